The van der Waals surface area contributed by atoms with Crippen molar-refractivity contribution in [2.75, 3.05) is 0 Å². The smallest absolute Gasteiger partial charge is 0.308 e. The lowest BCUT2D eigenvalue weighted by molar-refractivity contribution is -0.152. The molecule has 108 valence electrons. The quantitative estimate of drug-likeness (QED) is 0.794. The number of esters is 1. The van der Waals surface area contributed by atoms with Crippen molar-refractivity contribution >= 4 is 5.97 Å². The summed E-state index contributed by atoms with van der Waals surface area (Å²) < 4.78 is 5.61. The first kappa shape index (κ1) is 13.9. The van der Waals surface area contributed by atoms with E-state index in [0.29, 0.717) is 0 Å². The lowest BCUT2D eigenvalue weighted by Crippen LogP contribution is -2.21. The minimum atomic E-state index is -0.103. The molecule has 0 aliphatic heterocycles. The average molecular weight is 280 g/mol. The highest BCUT2D eigenvalue weighted by Crippen LogP contribution is 2.33. The Morgan fingerprint density at radius 1 is 1.05 bits per heavy atom. The number of benzene rings is 2. The van der Waals surface area contributed by atoms with Gasteiger partial charge in [-0.25, -0.2) is 0 Å². The Labute approximate surface area is 125 Å². The molecular formula is C19H20O2. The van der Waals surface area contributed by atoms with Gasteiger partial charge >= 0.3 is 5.97 Å². The van der Waals surface area contributed by atoms with Crippen LogP contribution in [0.25, 0.3) is 11.1 Å². The third-order valence-electron chi connectivity index (χ3n) is 3.99. The van der Waals surface area contributed by atoms with Gasteiger partial charge < -0.3 is 4.74 Å². The molecule has 0 spiro atoms. The largest absolute Gasteiger partial charge is 0.461 e. The van der Waals surface area contributed by atoms with Crippen LogP contribution in [0, 0.1) is 5.92 Å². The van der Waals surface area contributed by atoms with Gasteiger partial charge in [-0.3, -0.25) is 4.79 Å². The second kappa shape index (κ2) is 5.72. The molecule has 1 aliphatic carbocycles. The normalized spacial score (nSPS) is 16.8. The highest BCUT2D eigenvalue weighted by Gasteiger charge is 2.27. The molecule has 0 saturated heterocycles. The van der Waals surface area contributed by atoms with Gasteiger partial charge in [0.15, 0.2) is 0 Å². The molecule has 3 rings (SSSR count). The van der Waals surface area contributed by atoms with Crippen molar-refractivity contribution in [2.24, 2.45) is 5.92 Å². The van der Waals surface area contributed by atoms with Crippen LogP contribution >= 0.6 is 0 Å². The molecule has 0 saturated carbocycles. The van der Waals surface area contributed by atoms with E-state index in [1.807, 2.05) is 19.9 Å². The standard InChI is InChI=1S/C19H20O2/c1-13(2)19(20)21-16-11-15-9-6-10-17(18(15)12-16)14-7-4-3-5-8-14/h3-10,13,16H,11-12H2,1-2H3. The molecule has 2 heteroatoms. The zero-order chi connectivity index (χ0) is 14.8. The molecule has 0 amide bonds. The monoisotopic (exact) mass is 280 g/mol. The van der Waals surface area contributed by atoms with Gasteiger partial charge in [0.2, 0.25) is 0 Å². The van der Waals surface area contributed by atoms with E-state index < -0.39 is 0 Å². The molecule has 0 aromatic heterocycles. The van der Waals surface area contributed by atoms with Gasteiger partial charge in [0.1, 0.15) is 6.10 Å². The highest BCUT2D eigenvalue weighted by molar-refractivity contribution is 5.73. The van der Waals surface area contributed by atoms with Crippen molar-refractivity contribution in [3.8, 4) is 11.1 Å². The van der Waals surface area contributed by atoms with Gasteiger partial charge in [-0.05, 0) is 22.3 Å². The zero-order valence-electron chi connectivity index (χ0n) is 12.5. The van der Waals surface area contributed by atoms with Crippen molar-refractivity contribution in [2.45, 2.75) is 32.8 Å². The molecule has 21 heavy (non-hydrogen) atoms. The van der Waals surface area contributed by atoms with Crippen LogP contribution in [0.2, 0.25) is 0 Å². The molecule has 0 heterocycles. The topological polar surface area (TPSA) is 26.3 Å². The van der Waals surface area contributed by atoms with E-state index in [1.54, 1.807) is 0 Å². The third-order valence-corrected chi connectivity index (χ3v) is 3.99. The summed E-state index contributed by atoms with van der Waals surface area (Å²) in [7, 11) is 0. The number of hydrogen-bond donors (Lipinski definition) is 0. The number of hydrogen-bond acceptors (Lipinski definition) is 2. The van der Waals surface area contributed by atoms with Crippen LogP contribution in [0.4, 0.5) is 0 Å². The summed E-state index contributed by atoms with van der Waals surface area (Å²) in [6.45, 7) is 3.75. The minimum absolute atomic E-state index is 0.0141. The van der Waals surface area contributed by atoms with E-state index in [9.17, 15) is 4.79 Å². The average Bonchev–Trinajstić information content (AvgIpc) is 2.90. The number of ether oxygens (including phenoxy) is 1. The molecule has 1 aliphatic rings. The first-order valence-electron chi connectivity index (χ1n) is 7.52. The molecule has 0 fully saturated rings. The van der Waals surface area contributed by atoms with Crippen molar-refractivity contribution in [1.82, 2.24) is 0 Å². The van der Waals surface area contributed by atoms with Crippen LogP contribution in [-0.4, -0.2) is 12.1 Å². The van der Waals surface area contributed by atoms with Gasteiger partial charge in [0, 0.05) is 12.8 Å². The maximum Gasteiger partial charge on any atom is 0.308 e. The molecule has 2 aromatic carbocycles. The minimum Gasteiger partial charge on any atom is -0.461 e. The van der Waals surface area contributed by atoms with Crippen LogP contribution in [-0.2, 0) is 22.4 Å². The second-order valence-electron chi connectivity index (χ2n) is 5.93. The van der Waals surface area contributed by atoms with Crippen LogP contribution in [0.5, 0.6) is 0 Å². The number of fused-ring (bicyclic) bond motifs is 1. The Balaban J connectivity index is 1.85. The van der Waals surface area contributed by atoms with Gasteiger partial charge in [-0.2, -0.15) is 0 Å². The summed E-state index contributed by atoms with van der Waals surface area (Å²) in [4.78, 5) is 11.8. The molecule has 1 unspecified atom stereocenters. The first-order chi connectivity index (χ1) is 10.1. The van der Waals surface area contributed by atoms with Gasteiger partial charge in [0.25, 0.3) is 0 Å². The van der Waals surface area contributed by atoms with Crippen molar-refractivity contribution in [3.05, 3.63) is 59.7 Å². The van der Waals surface area contributed by atoms with Crippen LogP contribution < -0.4 is 0 Å². The number of carbonyl (C=O) groups is 1. The fraction of sp³-hybridized carbons (Fsp3) is 0.316. The summed E-state index contributed by atoms with van der Waals surface area (Å²) in [6, 6.07) is 16.8. The summed E-state index contributed by atoms with van der Waals surface area (Å²) in [6.07, 6.45) is 1.63. The van der Waals surface area contributed by atoms with E-state index >= 15 is 0 Å². The lowest BCUT2D eigenvalue weighted by atomic mass is 9.97. The summed E-state index contributed by atoms with van der Waals surface area (Å²) in [5.74, 6) is -0.170. The van der Waals surface area contributed by atoms with E-state index in [0.717, 1.165) is 12.8 Å². The van der Waals surface area contributed by atoms with E-state index in [1.165, 1.54) is 22.3 Å². The van der Waals surface area contributed by atoms with Gasteiger partial charge in [0.05, 0.1) is 5.92 Å². The molecule has 0 radical (unpaired) electrons. The SMILES string of the molecule is CC(C)C(=O)OC1Cc2cccc(-c3ccccc3)c2C1. The maximum atomic E-state index is 11.8. The molecule has 0 bridgehead atoms. The Kier molecular flexibility index (Phi) is 3.78. The molecule has 0 N–H and O–H groups in total. The predicted octanol–water partition coefficient (Wildman–Crippen LogP) is 4.02. The summed E-state index contributed by atoms with van der Waals surface area (Å²) >= 11 is 0. The van der Waals surface area contributed by atoms with E-state index in [4.69, 9.17) is 4.74 Å². The van der Waals surface area contributed by atoms with Gasteiger partial charge in [-0.1, -0.05) is 62.4 Å². The van der Waals surface area contributed by atoms with Gasteiger partial charge in [-0.15, -0.1) is 0 Å². The predicted molar refractivity (Wildman–Crippen MR) is 84.0 cm³/mol. The fourth-order valence-electron chi connectivity index (χ4n) is 2.88. The summed E-state index contributed by atoms with van der Waals surface area (Å²) in [5.41, 5.74) is 5.12. The van der Waals surface area contributed by atoms with Crippen molar-refractivity contribution < 1.29 is 9.53 Å². The lowest BCUT2D eigenvalue weighted by Gasteiger charge is -2.13. The number of carbonyl (C=O) groups excluding carboxylic acids is 1. The third kappa shape index (κ3) is 2.85. The van der Waals surface area contributed by atoms with E-state index in [-0.39, 0.29) is 18.0 Å². The van der Waals surface area contributed by atoms with Crippen LogP contribution in [0.15, 0.2) is 48.5 Å². The first-order valence-corrected chi connectivity index (χ1v) is 7.52. The molecular weight excluding hydrogens is 260 g/mol. The fourth-order valence-corrected chi connectivity index (χ4v) is 2.88. The van der Waals surface area contributed by atoms with E-state index in [2.05, 4.69) is 42.5 Å². The molecule has 2 aromatic rings. The summed E-state index contributed by atoms with van der Waals surface area (Å²) in [5, 5.41) is 0. The van der Waals surface area contributed by atoms with Crippen molar-refractivity contribution in [3.63, 3.8) is 0 Å². The Bertz CT molecular complexity index is 644. The Hall–Kier alpha value is -2.09. The zero-order valence-corrected chi connectivity index (χ0v) is 12.5. The molecule has 1 atom stereocenters. The van der Waals surface area contributed by atoms with Crippen LogP contribution in [0.3, 0.4) is 0 Å². The van der Waals surface area contributed by atoms with Crippen molar-refractivity contribution in [1.29, 1.82) is 0 Å². The Morgan fingerprint density at radius 3 is 2.52 bits per heavy atom. The second-order valence-corrected chi connectivity index (χ2v) is 5.93. The number of rotatable bonds is 3. The maximum absolute atomic E-state index is 11.8. The highest BCUT2D eigenvalue weighted by atomic mass is 16.5. The molecule has 2 nitrogen and oxygen atoms in total. The Morgan fingerprint density at radius 2 is 1.81 bits per heavy atom. The van der Waals surface area contributed by atoms with Crippen LogP contribution in [0.1, 0.15) is 25.0 Å².